The first-order valence-corrected chi connectivity index (χ1v) is 11.3. The first kappa shape index (κ1) is 25.6. The highest BCUT2D eigenvalue weighted by atomic mass is 19.1. The molecule has 2 heterocycles. The Morgan fingerprint density at radius 3 is 2.26 bits per heavy atom. The average Bonchev–Trinajstić information content (AvgIpc) is 3.27. The molecule has 2 aromatic carbocycles. The molecule has 0 bridgehead atoms. The first-order valence-electron chi connectivity index (χ1n) is 11.3. The lowest BCUT2D eigenvalue weighted by molar-refractivity contribution is -0.134. The molecule has 8 nitrogen and oxygen atoms in total. The molecule has 1 saturated heterocycles. The van der Waals surface area contributed by atoms with Crippen molar-refractivity contribution in [2.75, 3.05) is 25.0 Å². The van der Waals surface area contributed by atoms with E-state index in [0.29, 0.717) is 23.6 Å². The number of anilines is 1. The Morgan fingerprint density at radius 2 is 1.69 bits per heavy atom. The Hall–Kier alpha value is -3.98. The van der Waals surface area contributed by atoms with Crippen molar-refractivity contribution in [2.24, 2.45) is 0 Å². The molecule has 0 spiro atoms. The van der Waals surface area contributed by atoms with Gasteiger partial charge in [-0.15, -0.1) is 0 Å². The van der Waals surface area contributed by atoms with E-state index in [1.165, 1.54) is 35.2 Å². The number of halogens is 1. The molecule has 4 rings (SSSR count). The number of nitrogens with zero attached hydrogens (tertiary/aromatic N) is 1. The number of carbonyl (C=O) groups excluding carboxylic acids is 1. The summed E-state index contributed by atoms with van der Waals surface area (Å²) in [6.07, 6.45) is 5.55. The number of carbonyl (C=O) groups is 3. The molecule has 184 valence electrons. The second kappa shape index (κ2) is 11.9. The molecule has 1 aliphatic heterocycles. The van der Waals surface area contributed by atoms with Crippen LogP contribution >= 0.6 is 0 Å². The molecule has 9 heteroatoms. The topological polar surface area (TPSA) is 123 Å². The number of likely N-dealkylation sites (tertiary alicyclic amines) is 1. The lowest BCUT2D eigenvalue weighted by Gasteiger charge is -2.30. The number of amides is 1. The zero-order chi connectivity index (χ0) is 25.4. The maximum Gasteiger partial charge on any atom is 0.328 e. The van der Waals surface area contributed by atoms with Crippen LogP contribution in [-0.2, 0) is 9.59 Å². The van der Waals surface area contributed by atoms with Crippen molar-refractivity contribution >= 4 is 34.4 Å². The Morgan fingerprint density at radius 1 is 1.06 bits per heavy atom. The summed E-state index contributed by atoms with van der Waals surface area (Å²) in [5.41, 5.74) is 3.61. The van der Waals surface area contributed by atoms with Crippen LogP contribution in [0.4, 0.5) is 10.1 Å². The summed E-state index contributed by atoms with van der Waals surface area (Å²) in [5, 5.41) is 19.7. The summed E-state index contributed by atoms with van der Waals surface area (Å²) in [5.74, 6) is -2.55. The van der Waals surface area contributed by atoms with Crippen molar-refractivity contribution in [1.29, 1.82) is 0 Å². The third kappa shape index (κ3) is 7.25. The highest BCUT2D eigenvalue weighted by Crippen LogP contribution is 2.34. The van der Waals surface area contributed by atoms with Crippen LogP contribution in [0, 0.1) is 5.82 Å². The smallest absolute Gasteiger partial charge is 0.328 e. The number of piperidine rings is 1. The Labute approximate surface area is 202 Å². The fraction of sp³-hybridized carbons (Fsp3) is 0.269. The number of benzene rings is 2. The summed E-state index contributed by atoms with van der Waals surface area (Å²) in [6, 6.07) is 11.5. The fourth-order valence-electron chi connectivity index (χ4n) is 4.07. The van der Waals surface area contributed by atoms with Crippen LogP contribution in [0.25, 0.3) is 10.9 Å². The van der Waals surface area contributed by atoms with E-state index in [0.717, 1.165) is 43.7 Å². The third-order valence-electron chi connectivity index (χ3n) is 5.92. The molecular formula is C26H28FN3O5. The summed E-state index contributed by atoms with van der Waals surface area (Å²) >= 11 is 0. The van der Waals surface area contributed by atoms with E-state index in [1.807, 2.05) is 18.2 Å². The lowest BCUT2D eigenvalue weighted by Crippen LogP contribution is -2.32. The van der Waals surface area contributed by atoms with Gasteiger partial charge < -0.3 is 25.4 Å². The number of aliphatic carboxylic acids is 2. The molecule has 1 fully saturated rings. The van der Waals surface area contributed by atoms with Gasteiger partial charge in [-0.1, -0.05) is 6.92 Å². The van der Waals surface area contributed by atoms with Crippen LogP contribution in [-0.4, -0.2) is 57.6 Å². The van der Waals surface area contributed by atoms with Gasteiger partial charge in [0, 0.05) is 40.5 Å². The molecule has 4 N–H and O–H groups in total. The predicted molar refractivity (Wildman–Crippen MR) is 131 cm³/mol. The van der Waals surface area contributed by atoms with Crippen LogP contribution in [0.5, 0.6) is 0 Å². The van der Waals surface area contributed by atoms with Gasteiger partial charge in [0.25, 0.3) is 5.91 Å². The van der Waals surface area contributed by atoms with Crippen molar-refractivity contribution in [3.8, 4) is 0 Å². The minimum atomic E-state index is -1.26. The van der Waals surface area contributed by atoms with Crippen LogP contribution < -0.4 is 5.32 Å². The van der Waals surface area contributed by atoms with E-state index in [1.54, 1.807) is 0 Å². The van der Waals surface area contributed by atoms with Gasteiger partial charge in [-0.2, -0.15) is 0 Å². The Kier molecular flexibility index (Phi) is 8.74. The van der Waals surface area contributed by atoms with Crippen LogP contribution in [0.3, 0.4) is 0 Å². The highest BCUT2D eigenvalue weighted by molar-refractivity contribution is 6.05. The number of aromatic amines is 1. The number of hydrogen-bond acceptors (Lipinski definition) is 4. The monoisotopic (exact) mass is 481 g/mol. The number of rotatable bonds is 6. The molecular weight excluding hydrogens is 453 g/mol. The van der Waals surface area contributed by atoms with E-state index in [2.05, 4.69) is 28.3 Å². The first-order chi connectivity index (χ1) is 16.8. The van der Waals surface area contributed by atoms with Crippen LogP contribution in [0.2, 0.25) is 0 Å². The maximum atomic E-state index is 13.0. The molecule has 1 aliphatic rings. The van der Waals surface area contributed by atoms with E-state index in [-0.39, 0.29) is 11.7 Å². The van der Waals surface area contributed by atoms with Crippen LogP contribution in [0.15, 0.2) is 60.8 Å². The van der Waals surface area contributed by atoms with Gasteiger partial charge in [0.2, 0.25) is 0 Å². The Bertz CT molecular complexity index is 1200. The average molecular weight is 482 g/mol. The molecule has 3 aromatic rings. The zero-order valence-electron chi connectivity index (χ0n) is 19.3. The van der Waals surface area contributed by atoms with E-state index in [9.17, 15) is 18.8 Å². The normalized spacial score (nSPS) is 14.5. The number of fused-ring (bicyclic) bond motifs is 1. The minimum Gasteiger partial charge on any atom is -0.478 e. The van der Waals surface area contributed by atoms with Crippen molar-refractivity contribution in [3.05, 3.63) is 77.8 Å². The number of aromatic nitrogens is 1. The number of H-pyrrole nitrogens is 1. The van der Waals surface area contributed by atoms with Crippen molar-refractivity contribution < 1.29 is 29.0 Å². The molecule has 0 atom stereocenters. The van der Waals surface area contributed by atoms with Crippen molar-refractivity contribution in [2.45, 2.75) is 25.7 Å². The maximum absolute atomic E-state index is 13.0. The summed E-state index contributed by atoms with van der Waals surface area (Å²) in [4.78, 5) is 37.4. The second-order valence-corrected chi connectivity index (χ2v) is 8.18. The lowest BCUT2D eigenvalue weighted by atomic mass is 9.89. The quantitative estimate of drug-likeness (QED) is 0.385. The number of carboxylic acid groups (broad SMARTS) is 2. The zero-order valence-corrected chi connectivity index (χ0v) is 19.3. The van der Waals surface area contributed by atoms with Crippen molar-refractivity contribution in [1.82, 2.24) is 9.88 Å². The summed E-state index contributed by atoms with van der Waals surface area (Å²) in [6.45, 7) is 5.59. The number of carboxylic acids is 2. The predicted octanol–water partition coefficient (Wildman–Crippen LogP) is 4.47. The fourth-order valence-corrected chi connectivity index (χ4v) is 4.07. The van der Waals surface area contributed by atoms with Gasteiger partial charge in [-0.3, -0.25) is 4.79 Å². The molecule has 0 unspecified atom stereocenters. The number of nitrogens with one attached hydrogen (secondary N) is 2. The molecule has 35 heavy (non-hydrogen) atoms. The molecule has 1 aromatic heterocycles. The van der Waals surface area contributed by atoms with Crippen LogP contribution in [0.1, 0.15) is 41.6 Å². The summed E-state index contributed by atoms with van der Waals surface area (Å²) in [7, 11) is 0. The van der Waals surface area contributed by atoms with Gasteiger partial charge in [0.15, 0.2) is 0 Å². The standard InChI is InChI=1S/C22H24FN3O.C4H4O4/c1-2-26-11-9-15(10-12-26)20-14-24-21-8-7-18(13-19(20)21)25-22(27)16-3-5-17(23)6-4-16;5-3(6)1-2-4(7)8/h3-8,13-15,24H,2,9-12H2,1H3,(H,25,27);1-2H,(H,5,6)(H,7,8). The van der Waals surface area contributed by atoms with Gasteiger partial charge in [0.1, 0.15) is 5.82 Å². The minimum absolute atomic E-state index is 0.234. The highest BCUT2D eigenvalue weighted by Gasteiger charge is 2.22. The largest absolute Gasteiger partial charge is 0.478 e. The Balaban J connectivity index is 0.000000371. The van der Waals surface area contributed by atoms with E-state index >= 15 is 0 Å². The molecule has 0 aliphatic carbocycles. The van der Waals surface area contributed by atoms with Gasteiger partial charge in [0.05, 0.1) is 0 Å². The SMILES string of the molecule is CCN1CCC(c2c[nH]c3ccc(NC(=O)c4ccc(F)cc4)cc23)CC1.O=C(O)C=CC(=O)O. The molecule has 0 radical (unpaired) electrons. The second-order valence-electron chi connectivity index (χ2n) is 8.18. The van der Waals surface area contributed by atoms with E-state index < -0.39 is 11.9 Å². The van der Waals surface area contributed by atoms with Crippen molar-refractivity contribution in [3.63, 3.8) is 0 Å². The summed E-state index contributed by atoms with van der Waals surface area (Å²) < 4.78 is 13.0. The third-order valence-corrected chi connectivity index (χ3v) is 5.92. The van der Waals surface area contributed by atoms with E-state index in [4.69, 9.17) is 10.2 Å². The van der Waals surface area contributed by atoms with Gasteiger partial charge >= 0.3 is 11.9 Å². The molecule has 1 amide bonds. The van der Waals surface area contributed by atoms with Gasteiger partial charge in [-0.25, -0.2) is 14.0 Å². The number of hydrogen-bond donors (Lipinski definition) is 4. The molecule has 0 saturated carbocycles. The van der Waals surface area contributed by atoms with Gasteiger partial charge in [-0.05, 0) is 86.4 Å².